The summed E-state index contributed by atoms with van der Waals surface area (Å²) in [5, 5.41) is -0.289. The van der Waals surface area contributed by atoms with Gasteiger partial charge in [-0.15, -0.1) is 0 Å². The van der Waals surface area contributed by atoms with Crippen LogP contribution in [0.15, 0.2) is 66.1 Å². The van der Waals surface area contributed by atoms with Crippen molar-refractivity contribution < 1.29 is 19.1 Å². The summed E-state index contributed by atoms with van der Waals surface area (Å²) in [7, 11) is 0. The zero-order valence-corrected chi connectivity index (χ0v) is 16.4. The highest BCUT2D eigenvalue weighted by atomic mass is 32.2. The number of nitrogens with zero attached hydrogens (tertiary/aromatic N) is 1. The molecule has 1 heterocycles. The molecule has 28 heavy (non-hydrogen) atoms. The molecule has 1 saturated heterocycles. The van der Waals surface area contributed by atoms with Crippen LogP contribution in [0.3, 0.4) is 0 Å². The summed E-state index contributed by atoms with van der Waals surface area (Å²) in [4.78, 5) is 26.4. The Morgan fingerprint density at radius 1 is 1.07 bits per heavy atom. The Morgan fingerprint density at radius 3 is 2.61 bits per heavy atom. The first kappa shape index (κ1) is 19.8. The number of hydrogen-bond donors (Lipinski definition) is 0. The predicted molar refractivity (Wildman–Crippen MR) is 111 cm³/mol. The fourth-order valence-electron chi connectivity index (χ4n) is 2.58. The number of imide groups is 1. The third-order valence-electron chi connectivity index (χ3n) is 4.00. The van der Waals surface area contributed by atoms with Gasteiger partial charge < -0.3 is 9.47 Å². The second-order valence-electron chi connectivity index (χ2n) is 6.17. The van der Waals surface area contributed by atoms with E-state index >= 15 is 0 Å². The van der Waals surface area contributed by atoms with Crippen LogP contribution in [0, 0.1) is 6.92 Å². The Hall–Kier alpha value is -2.99. The molecule has 1 aliphatic rings. The van der Waals surface area contributed by atoms with Crippen molar-refractivity contribution in [2.75, 3.05) is 19.8 Å². The maximum absolute atomic E-state index is 12.6. The number of carbonyl (C=O) groups is 2. The highest BCUT2D eigenvalue weighted by Crippen LogP contribution is 2.32. The van der Waals surface area contributed by atoms with Crippen molar-refractivity contribution in [1.82, 2.24) is 4.90 Å². The number of rotatable bonds is 8. The van der Waals surface area contributed by atoms with Gasteiger partial charge in [-0.25, -0.2) is 0 Å². The summed E-state index contributed by atoms with van der Waals surface area (Å²) in [5.41, 5.74) is 1.94. The molecule has 5 nitrogen and oxygen atoms in total. The summed E-state index contributed by atoms with van der Waals surface area (Å²) < 4.78 is 11.1. The first-order valence-corrected chi connectivity index (χ1v) is 9.67. The molecular weight excluding hydrogens is 374 g/mol. The van der Waals surface area contributed by atoms with Gasteiger partial charge in [0.15, 0.2) is 0 Å². The normalized spacial score (nSPS) is 15.2. The molecule has 0 unspecified atom stereocenters. The molecule has 1 aliphatic heterocycles. The van der Waals surface area contributed by atoms with E-state index in [9.17, 15) is 9.59 Å². The van der Waals surface area contributed by atoms with E-state index < -0.39 is 0 Å². The van der Waals surface area contributed by atoms with Crippen molar-refractivity contribution in [1.29, 1.82) is 0 Å². The molecule has 0 aliphatic carbocycles. The molecular formula is C22H21NO4S. The van der Waals surface area contributed by atoms with E-state index in [4.69, 9.17) is 9.47 Å². The van der Waals surface area contributed by atoms with Crippen LogP contribution in [0.25, 0.3) is 6.08 Å². The average Bonchev–Trinajstić information content (AvgIpc) is 2.95. The van der Waals surface area contributed by atoms with Gasteiger partial charge in [0, 0.05) is 0 Å². The molecule has 2 amide bonds. The smallest absolute Gasteiger partial charge is 0.293 e. The second-order valence-corrected chi connectivity index (χ2v) is 7.16. The van der Waals surface area contributed by atoms with E-state index in [-0.39, 0.29) is 24.3 Å². The van der Waals surface area contributed by atoms with Crippen LogP contribution in [0.2, 0.25) is 0 Å². The average molecular weight is 395 g/mol. The number of benzene rings is 2. The molecule has 0 radical (unpaired) electrons. The van der Waals surface area contributed by atoms with Crippen molar-refractivity contribution in [3.8, 4) is 11.5 Å². The standard InChI is InChI=1S/C22H21NO4S/c1-3-12-26-19-6-4-5-17(14-19)15-20-21(24)23(22(25)28-20)11-13-27-18-9-7-16(2)8-10-18/h3-10,14-15H,1,11-13H2,2H3/b20-15-. The minimum absolute atomic E-state index is 0.207. The van der Waals surface area contributed by atoms with E-state index in [2.05, 4.69) is 6.58 Å². The van der Waals surface area contributed by atoms with Crippen LogP contribution in [0.4, 0.5) is 4.79 Å². The lowest BCUT2D eigenvalue weighted by Crippen LogP contribution is -2.32. The van der Waals surface area contributed by atoms with Gasteiger partial charge in [0.1, 0.15) is 24.7 Å². The molecule has 0 aromatic heterocycles. The van der Waals surface area contributed by atoms with Gasteiger partial charge in [0.2, 0.25) is 0 Å². The molecule has 144 valence electrons. The van der Waals surface area contributed by atoms with Crippen molar-refractivity contribution in [2.24, 2.45) is 0 Å². The predicted octanol–water partition coefficient (Wildman–Crippen LogP) is 4.68. The number of hydrogen-bond acceptors (Lipinski definition) is 5. The van der Waals surface area contributed by atoms with Crippen molar-refractivity contribution in [3.05, 3.63) is 77.2 Å². The molecule has 1 fully saturated rings. The highest BCUT2D eigenvalue weighted by molar-refractivity contribution is 8.18. The lowest BCUT2D eigenvalue weighted by Gasteiger charge is -2.13. The Morgan fingerprint density at radius 2 is 1.86 bits per heavy atom. The maximum Gasteiger partial charge on any atom is 0.293 e. The van der Waals surface area contributed by atoms with Crippen LogP contribution in [0.1, 0.15) is 11.1 Å². The fourth-order valence-corrected chi connectivity index (χ4v) is 3.45. The third kappa shape index (κ3) is 5.04. The molecule has 0 spiro atoms. The molecule has 2 aromatic rings. The van der Waals surface area contributed by atoms with Crippen LogP contribution < -0.4 is 9.47 Å². The van der Waals surface area contributed by atoms with E-state index in [1.165, 1.54) is 4.90 Å². The highest BCUT2D eigenvalue weighted by Gasteiger charge is 2.34. The van der Waals surface area contributed by atoms with Gasteiger partial charge >= 0.3 is 0 Å². The fraction of sp³-hybridized carbons (Fsp3) is 0.182. The van der Waals surface area contributed by atoms with Gasteiger partial charge in [-0.3, -0.25) is 14.5 Å². The van der Waals surface area contributed by atoms with Crippen molar-refractivity contribution in [3.63, 3.8) is 0 Å². The van der Waals surface area contributed by atoms with Gasteiger partial charge in [-0.05, 0) is 54.6 Å². The largest absolute Gasteiger partial charge is 0.492 e. The van der Waals surface area contributed by atoms with Crippen molar-refractivity contribution in [2.45, 2.75) is 6.92 Å². The van der Waals surface area contributed by atoms with E-state index in [1.54, 1.807) is 12.2 Å². The molecule has 0 N–H and O–H groups in total. The Labute approximate surface area is 168 Å². The summed E-state index contributed by atoms with van der Waals surface area (Å²) >= 11 is 0.935. The Bertz CT molecular complexity index is 905. The second kappa shape index (κ2) is 9.28. The first-order chi connectivity index (χ1) is 13.6. The van der Waals surface area contributed by atoms with Gasteiger partial charge in [-0.2, -0.15) is 0 Å². The monoisotopic (exact) mass is 395 g/mol. The summed E-state index contributed by atoms with van der Waals surface area (Å²) in [6, 6.07) is 15.0. The lowest BCUT2D eigenvalue weighted by atomic mass is 10.2. The summed E-state index contributed by atoms with van der Waals surface area (Å²) in [6.07, 6.45) is 3.36. The summed E-state index contributed by atoms with van der Waals surface area (Å²) in [5.74, 6) is 1.09. The number of aryl methyl sites for hydroxylation is 1. The Kier molecular flexibility index (Phi) is 6.55. The molecule has 2 aromatic carbocycles. The lowest BCUT2D eigenvalue weighted by molar-refractivity contribution is -0.123. The number of carbonyl (C=O) groups excluding carboxylic acids is 2. The van der Waals surface area contributed by atoms with E-state index in [0.29, 0.717) is 23.0 Å². The zero-order chi connectivity index (χ0) is 19.9. The van der Waals surface area contributed by atoms with Crippen LogP contribution in [0.5, 0.6) is 11.5 Å². The van der Waals surface area contributed by atoms with Gasteiger partial charge in [0.05, 0.1) is 11.4 Å². The Balaban J connectivity index is 1.61. The number of ether oxygens (including phenoxy) is 2. The van der Waals surface area contributed by atoms with E-state index in [0.717, 1.165) is 22.9 Å². The molecule has 0 atom stereocenters. The summed E-state index contributed by atoms with van der Waals surface area (Å²) in [6.45, 7) is 6.47. The number of amides is 2. The zero-order valence-electron chi connectivity index (χ0n) is 15.6. The maximum atomic E-state index is 12.6. The van der Waals surface area contributed by atoms with E-state index in [1.807, 2.05) is 55.5 Å². The van der Waals surface area contributed by atoms with Gasteiger partial charge in [0.25, 0.3) is 11.1 Å². The molecule has 6 heteroatoms. The van der Waals surface area contributed by atoms with Gasteiger partial charge in [-0.1, -0.05) is 42.5 Å². The first-order valence-electron chi connectivity index (χ1n) is 8.85. The van der Waals surface area contributed by atoms with Crippen molar-refractivity contribution >= 4 is 29.0 Å². The van der Waals surface area contributed by atoms with Crippen LogP contribution in [-0.2, 0) is 4.79 Å². The molecule has 0 bridgehead atoms. The minimum atomic E-state index is -0.306. The quantitative estimate of drug-likeness (QED) is 0.480. The minimum Gasteiger partial charge on any atom is -0.492 e. The van der Waals surface area contributed by atoms with Crippen LogP contribution >= 0.6 is 11.8 Å². The number of thioether (sulfide) groups is 1. The third-order valence-corrected chi connectivity index (χ3v) is 4.91. The van der Waals surface area contributed by atoms with Crippen LogP contribution in [-0.4, -0.2) is 35.8 Å². The molecule has 3 rings (SSSR count). The topological polar surface area (TPSA) is 55.8 Å². The molecule has 0 saturated carbocycles. The SMILES string of the molecule is C=CCOc1cccc(/C=C2\SC(=O)N(CCOc3ccc(C)cc3)C2=O)c1.